The van der Waals surface area contributed by atoms with E-state index in [9.17, 15) is 4.79 Å². The standard InChI is InChI=1S/C19H18N4O3/c1-23-11-13(15-4-2-3-5-16(15)23)9-21-22-19(24)10-20-14-6-7-17-18(8-14)26-12-25-17/h2-9,11,20H,10,12H2,1H3,(H,22,24). The minimum atomic E-state index is -0.237. The number of nitrogens with one attached hydrogen (secondary N) is 2. The van der Waals surface area contributed by atoms with E-state index in [0.717, 1.165) is 22.2 Å². The molecule has 0 radical (unpaired) electrons. The van der Waals surface area contributed by atoms with Crippen LogP contribution in [0.2, 0.25) is 0 Å². The molecule has 1 amide bonds. The molecule has 3 aromatic rings. The van der Waals surface area contributed by atoms with Crippen molar-refractivity contribution in [2.45, 2.75) is 0 Å². The minimum absolute atomic E-state index is 0.104. The van der Waals surface area contributed by atoms with Crippen molar-refractivity contribution in [1.82, 2.24) is 9.99 Å². The quantitative estimate of drug-likeness (QED) is 0.547. The normalized spacial score (nSPS) is 12.7. The second-order valence-electron chi connectivity index (χ2n) is 5.93. The number of nitrogens with zero attached hydrogens (tertiary/aromatic N) is 2. The molecule has 4 rings (SSSR count). The molecule has 0 fully saturated rings. The molecule has 1 aliphatic heterocycles. The molecule has 2 N–H and O–H groups in total. The molecule has 2 aromatic carbocycles. The number of benzene rings is 2. The maximum atomic E-state index is 12.0. The van der Waals surface area contributed by atoms with E-state index in [-0.39, 0.29) is 19.2 Å². The summed E-state index contributed by atoms with van der Waals surface area (Å²) in [6, 6.07) is 13.5. The van der Waals surface area contributed by atoms with Gasteiger partial charge in [0.25, 0.3) is 5.91 Å². The van der Waals surface area contributed by atoms with Crippen LogP contribution in [0.15, 0.2) is 53.8 Å². The highest BCUT2D eigenvalue weighted by Gasteiger charge is 2.13. The number of hydrazone groups is 1. The largest absolute Gasteiger partial charge is 0.454 e. The van der Waals surface area contributed by atoms with Crippen LogP contribution in [0.4, 0.5) is 5.69 Å². The number of aryl methyl sites for hydroxylation is 1. The Balaban J connectivity index is 1.34. The number of hydrogen-bond acceptors (Lipinski definition) is 5. The third-order valence-electron chi connectivity index (χ3n) is 4.15. The van der Waals surface area contributed by atoms with Crippen LogP contribution in [-0.2, 0) is 11.8 Å². The van der Waals surface area contributed by atoms with E-state index in [1.54, 1.807) is 18.3 Å². The van der Waals surface area contributed by atoms with Gasteiger partial charge in [-0.3, -0.25) is 4.79 Å². The minimum Gasteiger partial charge on any atom is -0.454 e. The zero-order valence-corrected chi connectivity index (χ0v) is 14.2. The molecule has 0 saturated carbocycles. The topological polar surface area (TPSA) is 76.9 Å². The van der Waals surface area contributed by atoms with Crippen molar-refractivity contribution in [3.05, 3.63) is 54.2 Å². The zero-order chi connectivity index (χ0) is 17.9. The summed E-state index contributed by atoms with van der Waals surface area (Å²) in [7, 11) is 1.98. The second-order valence-corrected chi connectivity index (χ2v) is 5.93. The number of amides is 1. The highest BCUT2D eigenvalue weighted by atomic mass is 16.7. The van der Waals surface area contributed by atoms with Gasteiger partial charge in [0.15, 0.2) is 11.5 Å². The Morgan fingerprint density at radius 2 is 2.08 bits per heavy atom. The zero-order valence-electron chi connectivity index (χ0n) is 14.2. The smallest absolute Gasteiger partial charge is 0.259 e. The molecule has 0 saturated heterocycles. The Kier molecular flexibility index (Phi) is 4.18. The Hall–Kier alpha value is -3.48. The fourth-order valence-electron chi connectivity index (χ4n) is 2.88. The average Bonchev–Trinajstić information content (AvgIpc) is 3.25. The number of anilines is 1. The second kappa shape index (κ2) is 6.79. The maximum absolute atomic E-state index is 12.0. The van der Waals surface area contributed by atoms with Crippen LogP contribution >= 0.6 is 0 Å². The van der Waals surface area contributed by atoms with Gasteiger partial charge in [0.05, 0.1) is 12.8 Å². The van der Waals surface area contributed by atoms with Crippen LogP contribution in [0.5, 0.6) is 11.5 Å². The van der Waals surface area contributed by atoms with Crippen molar-refractivity contribution in [3.8, 4) is 11.5 Å². The molecular formula is C19H18N4O3. The van der Waals surface area contributed by atoms with Gasteiger partial charge >= 0.3 is 0 Å². The van der Waals surface area contributed by atoms with E-state index in [1.807, 2.05) is 48.1 Å². The number of carbonyl (C=O) groups is 1. The monoisotopic (exact) mass is 350 g/mol. The van der Waals surface area contributed by atoms with Gasteiger partial charge in [0.1, 0.15) is 0 Å². The Bertz CT molecular complexity index is 994. The molecule has 1 aromatic heterocycles. The lowest BCUT2D eigenvalue weighted by Gasteiger charge is -2.06. The van der Waals surface area contributed by atoms with Crippen molar-refractivity contribution in [3.63, 3.8) is 0 Å². The first-order chi connectivity index (χ1) is 12.7. The van der Waals surface area contributed by atoms with Gasteiger partial charge in [-0.05, 0) is 18.2 Å². The first-order valence-corrected chi connectivity index (χ1v) is 8.20. The molecule has 132 valence electrons. The fraction of sp³-hybridized carbons (Fsp3) is 0.158. The van der Waals surface area contributed by atoms with Gasteiger partial charge in [-0.1, -0.05) is 18.2 Å². The molecule has 0 atom stereocenters. The van der Waals surface area contributed by atoms with Crippen LogP contribution in [0.3, 0.4) is 0 Å². The molecule has 0 bridgehead atoms. The van der Waals surface area contributed by atoms with E-state index in [1.165, 1.54) is 0 Å². The molecule has 26 heavy (non-hydrogen) atoms. The molecule has 0 aliphatic carbocycles. The highest BCUT2D eigenvalue weighted by Crippen LogP contribution is 2.34. The van der Waals surface area contributed by atoms with Crippen LogP contribution in [0, 0.1) is 0 Å². The lowest BCUT2D eigenvalue weighted by molar-refractivity contribution is -0.119. The van der Waals surface area contributed by atoms with Crippen molar-refractivity contribution in [2.24, 2.45) is 12.1 Å². The van der Waals surface area contributed by atoms with Crippen molar-refractivity contribution in [2.75, 3.05) is 18.7 Å². The van der Waals surface area contributed by atoms with Gasteiger partial charge in [0.2, 0.25) is 6.79 Å². The fourth-order valence-corrected chi connectivity index (χ4v) is 2.88. The third-order valence-corrected chi connectivity index (χ3v) is 4.15. The predicted octanol–water partition coefficient (Wildman–Crippen LogP) is 2.47. The molecule has 2 heterocycles. The van der Waals surface area contributed by atoms with Crippen molar-refractivity contribution in [1.29, 1.82) is 0 Å². The van der Waals surface area contributed by atoms with E-state index in [4.69, 9.17) is 9.47 Å². The number of ether oxygens (including phenoxy) is 2. The average molecular weight is 350 g/mol. The summed E-state index contributed by atoms with van der Waals surface area (Å²) < 4.78 is 12.6. The summed E-state index contributed by atoms with van der Waals surface area (Å²) in [4.78, 5) is 12.0. The number of carbonyl (C=O) groups excluding carboxylic acids is 1. The Morgan fingerprint density at radius 1 is 1.23 bits per heavy atom. The number of fused-ring (bicyclic) bond motifs is 2. The number of rotatable bonds is 5. The van der Waals surface area contributed by atoms with E-state index in [0.29, 0.717) is 11.5 Å². The molecule has 1 aliphatic rings. The van der Waals surface area contributed by atoms with Gasteiger partial charge < -0.3 is 19.4 Å². The van der Waals surface area contributed by atoms with E-state index in [2.05, 4.69) is 15.8 Å². The number of para-hydroxylation sites is 1. The van der Waals surface area contributed by atoms with Crippen LogP contribution < -0.4 is 20.2 Å². The first-order valence-electron chi connectivity index (χ1n) is 8.20. The lowest BCUT2D eigenvalue weighted by Crippen LogP contribution is -2.25. The molecule has 7 nitrogen and oxygen atoms in total. The Labute approximate surface area is 150 Å². The predicted molar refractivity (Wildman–Crippen MR) is 99.7 cm³/mol. The molecule has 7 heteroatoms. The maximum Gasteiger partial charge on any atom is 0.259 e. The lowest BCUT2D eigenvalue weighted by atomic mass is 10.2. The summed E-state index contributed by atoms with van der Waals surface area (Å²) >= 11 is 0. The van der Waals surface area contributed by atoms with Crippen LogP contribution in [0.25, 0.3) is 10.9 Å². The van der Waals surface area contributed by atoms with Gasteiger partial charge in [0, 0.05) is 41.5 Å². The first kappa shape index (κ1) is 16.0. The molecular weight excluding hydrogens is 332 g/mol. The summed E-state index contributed by atoms with van der Waals surface area (Å²) in [6.45, 7) is 0.328. The number of hydrogen-bond donors (Lipinski definition) is 2. The summed E-state index contributed by atoms with van der Waals surface area (Å²) in [6.07, 6.45) is 3.63. The third kappa shape index (κ3) is 3.19. The van der Waals surface area contributed by atoms with E-state index >= 15 is 0 Å². The Morgan fingerprint density at radius 3 is 3.00 bits per heavy atom. The van der Waals surface area contributed by atoms with Gasteiger partial charge in [-0.2, -0.15) is 5.10 Å². The highest BCUT2D eigenvalue weighted by molar-refractivity contribution is 5.99. The SMILES string of the molecule is Cn1cc(C=NNC(=O)CNc2ccc3c(c2)OCO3)c2ccccc21. The van der Waals surface area contributed by atoms with E-state index < -0.39 is 0 Å². The van der Waals surface area contributed by atoms with Crippen molar-refractivity contribution >= 4 is 28.7 Å². The summed E-state index contributed by atoms with van der Waals surface area (Å²) in [5, 5.41) is 8.17. The summed E-state index contributed by atoms with van der Waals surface area (Å²) in [5.74, 6) is 1.14. The van der Waals surface area contributed by atoms with Crippen LogP contribution in [0.1, 0.15) is 5.56 Å². The van der Waals surface area contributed by atoms with Gasteiger partial charge in [-0.25, -0.2) is 5.43 Å². The van der Waals surface area contributed by atoms with Crippen molar-refractivity contribution < 1.29 is 14.3 Å². The molecule has 0 spiro atoms. The van der Waals surface area contributed by atoms with Gasteiger partial charge in [-0.15, -0.1) is 0 Å². The number of aromatic nitrogens is 1. The van der Waals surface area contributed by atoms with Crippen LogP contribution in [-0.4, -0.2) is 30.0 Å². The summed E-state index contributed by atoms with van der Waals surface area (Å²) in [5.41, 5.74) is 5.38. The molecule has 0 unspecified atom stereocenters.